The quantitative estimate of drug-likeness (QED) is 0.410. The van der Waals surface area contributed by atoms with E-state index < -0.39 is 8.15 Å². The third-order valence-electron chi connectivity index (χ3n) is 7.08. The van der Waals surface area contributed by atoms with Crippen LogP contribution in [0.1, 0.15) is 53.4 Å². The summed E-state index contributed by atoms with van der Waals surface area (Å²) < 4.78 is 17.9. The molecule has 0 radical (unpaired) electrons. The maximum Gasteiger partial charge on any atom is 0.410 e. The lowest BCUT2D eigenvalue weighted by Crippen LogP contribution is -2.54. The summed E-state index contributed by atoms with van der Waals surface area (Å²) in [5.41, 5.74) is 1.33. The Hall–Kier alpha value is -0.680. The van der Waals surface area contributed by atoms with E-state index >= 15 is 0 Å². The number of likely N-dealkylation sites (tertiary alicyclic amines) is 1. The summed E-state index contributed by atoms with van der Waals surface area (Å²) in [6.45, 7) is 10.5. The van der Waals surface area contributed by atoms with Gasteiger partial charge < -0.3 is 24.0 Å². The number of hydrogen-bond donors (Lipinski definition) is 1. The maximum absolute atomic E-state index is 12.5. The molecule has 0 aromatic heterocycles. The second kappa shape index (κ2) is 7.54. The second-order valence-electron chi connectivity index (χ2n) is 9.31. The molecule has 158 valence electrons. The van der Waals surface area contributed by atoms with Gasteiger partial charge in [0.15, 0.2) is 0 Å². The number of ether oxygens (including phenoxy) is 3. The van der Waals surface area contributed by atoms with Gasteiger partial charge >= 0.3 is 6.09 Å². The first-order chi connectivity index (χ1) is 13.3. The third-order valence-corrected chi connectivity index (χ3v) is 8.90. The van der Waals surface area contributed by atoms with Crippen LogP contribution < -0.4 is 0 Å². The monoisotopic (exact) mass is 411 g/mol. The number of hydrogen-bond acceptors (Lipinski definition) is 5. The Labute approximate surface area is 169 Å². The second-order valence-corrected chi connectivity index (χ2v) is 11.5. The first-order valence-electron chi connectivity index (χ1n) is 10.6. The van der Waals surface area contributed by atoms with Crippen molar-refractivity contribution in [3.8, 4) is 0 Å². The minimum absolute atomic E-state index is 0.0624. The summed E-state index contributed by atoms with van der Waals surface area (Å²) >= 11 is 0. The molecule has 28 heavy (non-hydrogen) atoms. The molecule has 0 bridgehead atoms. The summed E-state index contributed by atoms with van der Waals surface area (Å²) in [4.78, 5) is 24.2. The molecule has 6 atom stereocenters. The van der Waals surface area contributed by atoms with E-state index in [9.17, 15) is 9.69 Å². The minimum Gasteiger partial charge on any atom is -0.446 e. The molecule has 3 saturated heterocycles. The molecule has 1 N–H and O–H groups in total. The van der Waals surface area contributed by atoms with E-state index in [4.69, 9.17) is 14.2 Å². The fourth-order valence-corrected chi connectivity index (χ4v) is 6.24. The molecule has 0 aromatic carbocycles. The van der Waals surface area contributed by atoms with Gasteiger partial charge in [-0.2, -0.15) is 0 Å². The highest BCUT2D eigenvalue weighted by Gasteiger charge is 2.68. The normalized spacial score (nSPS) is 40.6. The lowest BCUT2D eigenvalue weighted by atomic mass is 9.70. The van der Waals surface area contributed by atoms with E-state index in [1.165, 1.54) is 5.57 Å². The fraction of sp³-hybridized carbons (Fsp3) is 0.857. The van der Waals surface area contributed by atoms with Gasteiger partial charge in [-0.05, 0) is 52.6 Å². The van der Waals surface area contributed by atoms with E-state index in [-0.39, 0.29) is 41.1 Å². The van der Waals surface area contributed by atoms with Gasteiger partial charge in [-0.1, -0.05) is 18.6 Å². The van der Waals surface area contributed by atoms with Gasteiger partial charge in [0, 0.05) is 32.8 Å². The average molecular weight is 411 g/mol. The Morgan fingerprint density at radius 3 is 2.71 bits per heavy atom. The molecule has 4 rings (SSSR count). The van der Waals surface area contributed by atoms with Gasteiger partial charge in [0.25, 0.3) is 0 Å². The Morgan fingerprint density at radius 1 is 1.39 bits per heavy atom. The van der Waals surface area contributed by atoms with E-state index in [0.717, 1.165) is 38.5 Å². The SMILES string of the molecule is CCP(O)C1CN(C(=O)OC2CCC3(CO3)C([C@@]3(C)O[C@@H]3CC=C(C)C)C2)C1. The predicted octanol–water partition coefficient (Wildman–Crippen LogP) is 3.67. The van der Waals surface area contributed by atoms with Crippen molar-refractivity contribution < 1.29 is 23.9 Å². The summed E-state index contributed by atoms with van der Waals surface area (Å²) in [7, 11) is -0.943. The van der Waals surface area contributed by atoms with Crippen LogP contribution in [0.15, 0.2) is 11.6 Å². The smallest absolute Gasteiger partial charge is 0.410 e. The van der Waals surface area contributed by atoms with Gasteiger partial charge in [0.05, 0.1) is 23.9 Å². The molecular weight excluding hydrogens is 377 g/mol. The topological polar surface area (TPSA) is 74.8 Å². The molecule has 4 aliphatic rings. The van der Waals surface area contributed by atoms with Crippen molar-refractivity contribution in [1.82, 2.24) is 4.90 Å². The fourth-order valence-electron chi connectivity index (χ4n) is 4.95. The third kappa shape index (κ3) is 3.86. The van der Waals surface area contributed by atoms with Crippen LogP contribution in [0.2, 0.25) is 0 Å². The summed E-state index contributed by atoms with van der Waals surface area (Å²) in [5, 5.41) is 0. The maximum atomic E-state index is 12.5. The molecule has 1 aliphatic carbocycles. The van der Waals surface area contributed by atoms with Gasteiger partial charge in [0.1, 0.15) is 6.10 Å². The molecule has 0 aromatic rings. The van der Waals surface area contributed by atoms with Gasteiger partial charge in [-0.25, -0.2) is 4.79 Å². The molecule has 1 spiro atoms. The lowest BCUT2D eigenvalue weighted by molar-refractivity contribution is -0.0148. The number of nitrogens with zero attached hydrogens (tertiary/aromatic N) is 1. The number of epoxide rings is 2. The Balaban J connectivity index is 1.32. The van der Waals surface area contributed by atoms with Crippen molar-refractivity contribution in [2.75, 3.05) is 25.9 Å². The summed E-state index contributed by atoms with van der Waals surface area (Å²) in [6.07, 6.45) is 6.51. The Bertz CT molecular complexity index is 641. The first-order valence-corrected chi connectivity index (χ1v) is 12.2. The van der Waals surface area contributed by atoms with E-state index in [0.29, 0.717) is 13.1 Å². The van der Waals surface area contributed by atoms with Crippen LogP contribution >= 0.6 is 8.15 Å². The molecule has 3 heterocycles. The number of carbonyl (C=O) groups excluding carboxylic acids is 1. The van der Waals surface area contributed by atoms with E-state index in [2.05, 4.69) is 26.8 Å². The Kier molecular flexibility index (Phi) is 5.54. The highest BCUT2D eigenvalue weighted by Crippen LogP contribution is 2.59. The first kappa shape index (κ1) is 20.6. The highest BCUT2D eigenvalue weighted by molar-refractivity contribution is 7.52. The van der Waals surface area contributed by atoms with Crippen LogP contribution in [0, 0.1) is 5.92 Å². The standard InChI is InChI=1S/C21H34NO5P/c1-5-28(24)16-11-22(12-16)19(23)26-15-8-9-21(13-25-21)17(10-15)20(4)18(27-20)7-6-14(2)3/h6,15-18,24H,5,7-13H2,1-4H3/t15?,17?,18-,20-,21?,28?/m1/s1. The molecule has 7 heteroatoms. The molecular formula is C21H34NO5P. The lowest BCUT2D eigenvalue weighted by Gasteiger charge is -2.42. The highest BCUT2D eigenvalue weighted by atomic mass is 31.1. The Morgan fingerprint density at radius 2 is 2.11 bits per heavy atom. The van der Waals surface area contributed by atoms with E-state index in [1.54, 1.807) is 4.90 Å². The predicted molar refractivity (Wildman–Crippen MR) is 109 cm³/mol. The number of rotatable bonds is 6. The average Bonchev–Trinajstić information content (AvgIpc) is 3.51. The van der Waals surface area contributed by atoms with Gasteiger partial charge in [-0.3, -0.25) is 0 Å². The van der Waals surface area contributed by atoms with Crippen molar-refractivity contribution >= 4 is 14.2 Å². The van der Waals surface area contributed by atoms with E-state index in [1.807, 2.05) is 6.92 Å². The zero-order valence-corrected chi connectivity index (χ0v) is 18.4. The molecule has 4 fully saturated rings. The molecule has 4 unspecified atom stereocenters. The van der Waals surface area contributed by atoms with Crippen LogP contribution in [0.4, 0.5) is 4.79 Å². The van der Waals surface area contributed by atoms with Crippen molar-refractivity contribution in [1.29, 1.82) is 0 Å². The zero-order chi connectivity index (χ0) is 20.1. The number of amides is 1. The van der Waals surface area contributed by atoms with Crippen LogP contribution in [0.3, 0.4) is 0 Å². The van der Waals surface area contributed by atoms with Crippen molar-refractivity contribution in [2.45, 2.75) is 82.4 Å². The molecule has 3 aliphatic heterocycles. The van der Waals surface area contributed by atoms with Crippen LogP contribution in [0.25, 0.3) is 0 Å². The zero-order valence-electron chi connectivity index (χ0n) is 17.5. The van der Waals surface area contributed by atoms with Crippen LogP contribution in [0.5, 0.6) is 0 Å². The largest absolute Gasteiger partial charge is 0.446 e. The van der Waals surface area contributed by atoms with Crippen LogP contribution in [-0.2, 0) is 14.2 Å². The van der Waals surface area contributed by atoms with Gasteiger partial charge in [-0.15, -0.1) is 0 Å². The summed E-state index contributed by atoms with van der Waals surface area (Å²) in [5.74, 6) is 0.275. The van der Waals surface area contributed by atoms with Crippen molar-refractivity contribution in [2.24, 2.45) is 5.92 Å². The van der Waals surface area contributed by atoms with Gasteiger partial charge in [0.2, 0.25) is 0 Å². The van der Waals surface area contributed by atoms with Crippen molar-refractivity contribution in [3.63, 3.8) is 0 Å². The van der Waals surface area contributed by atoms with Crippen molar-refractivity contribution in [3.05, 3.63) is 11.6 Å². The number of carbonyl (C=O) groups is 1. The molecule has 6 nitrogen and oxygen atoms in total. The molecule has 1 amide bonds. The number of allylic oxidation sites excluding steroid dienone is 1. The summed E-state index contributed by atoms with van der Waals surface area (Å²) in [6, 6.07) is 0. The van der Waals surface area contributed by atoms with Crippen LogP contribution in [-0.4, -0.2) is 70.8 Å². The minimum atomic E-state index is -0.943. The molecule has 1 saturated carbocycles.